The van der Waals surface area contributed by atoms with Gasteiger partial charge in [-0.3, -0.25) is 4.79 Å². The monoisotopic (exact) mass is 289 g/mol. The van der Waals surface area contributed by atoms with Crippen LogP contribution >= 0.6 is 0 Å². The van der Waals surface area contributed by atoms with Gasteiger partial charge in [-0.25, -0.2) is 0 Å². The van der Waals surface area contributed by atoms with Crippen molar-refractivity contribution in [2.24, 2.45) is 0 Å². The Bertz CT molecular complexity index is 535. The second-order valence-electron chi connectivity index (χ2n) is 6.31. The molecular weight excluding hydrogens is 266 g/mol. The minimum absolute atomic E-state index is 0.0606. The van der Waals surface area contributed by atoms with E-state index in [-0.39, 0.29) is 24.2 Å². The van der Waals surface area contributed by atoms with Crippen LogP contribution in [-0.2, 0) is 0 Å². The molecule has 21 heavy (non-hydrogen) atoms. The predicted molar refractivity (Wildman–Crippen MR) is 80.7 cm³/mol. The molecule has 0 bridgehead atoms. The largest absolute Gasteiger partial charge is 0.489 e. The van der Waals surface area contributed by atoms with Crippen LogP contribution in [0.5, 0.6) is 5.75 Å². The van der Waals surface area contributed by atoms with Crippen molar-refractivity contribution in [1.82, 2.24) is 5.32 Å². The van der Waals surface area contributed by atoms with Crippen molar-refractivity contribution in [2.45, 2.75) is 63.7 Å². The summed E-state index contributed by atoms with van der Waals surface area (Å²) in [5, 5.41) is 12.6. The number of ether oxygens (including phenoxy) is 1. The van der Waals surface area contributed by atoms with Gasteiger partial charge in [0.1, 0.15) is 11.9 Å². The summed E-state index contributed by atoms with van der Waals surface area (Å²) in [6, 6.07) is 5.96. The van der Waals surface area contributed by atoms with Gasteiger partial charge in [0.25, 0.3) is 5.91 Å². The molecule has 0 aromatic heterocycles. The minimum Gasteiger partial charge on any atom is -0.489 e. The van der Waals surface area contributed by atoms with Crippen LogP contribution in [0.4, 0.5) is 0 Å². The highest BCUT2D eigenvalue weighted by molar-refractivity contribution is 5.97. The fourth-order valence-electron chi connectivity index (χ4n) is 3.25. The van der Waals surface area contributed by atoms with Gasteiger partial charge in [-0.05, 0) is 38.7 Å². The third-order valence-corrected chi connectivity index (χ3v) is 4.82. The number of aliphatic hydroxyl groups excluding tert-OH is 1. The van der Waals surface area contributed by atoms with Gasteiger partial charge in [0, 0.05) is 17.5 Å². The molecule has 3 rings (SSSR count). The van der Waals surface area contributed by atoms with E-state index in [0.717, 1.165) is 37.0 Å². The van der Waals surface area contributed by atoms with Gasteiger partial charge in [0.05, 0.1) is 11.7 Å². The van der Waals surface area contributed by atoms with Crippen molar-refractivity contribution in [3.63, 3.8) is 0 Å². The van der Waals surface area contributed by atoms with E-state index in [9.17, 15) is 9.90 Å². The first kappa shape index (κ1) is 14.4. The lowest BCUT2D eigenvalue weighted by Gasteiger charge is -2.26. The standard InChI is InChI=1S/C17H23NO3/c1-10-11(2)21-16-14(10)4-3-5-15(16)17(20)18-12-6-8-13(19)9-7-12/h3-5,10-13,19H,6-9H2,1-2H3,(H,18,20). The molecule has 0 saturated heterocycles. The second-order valence-corrected chi connectivity index (χ2v) is 6.31. The fourth-order valence-corrected chi connectivity index (χ4v) is 3.25. The summed E-state index contributed by atoms with van der Waals surface area (Å²) in [6.45, 7) is 4.16. The summed E-state index contributed by atoms with van der Waals surface area (Å²) < 4.78 is 5.88. The Kier molecular flexibility index (Phi) is 3.89. The Morgan fingerprint density at radius 2 is 1.95 bits per heavy atom. The minimum atomic E-state index is -0.204. The normalized spacial score (nSPS) is 31.4. The molecule has 0 radical (unpaired) electrons. The van der Waals surface area contributed by atoms with Crippen LogP contribution in [0.2, 0.25) is 0 Å². The van der Waals surface area contributed by atoms with Crippen molar-refractivity contribution < 1.29 is 14.6 Å². The van der Waals surface area contributed by atoms with Gasteiger partial charge in [0.15, 0.2) is 0 Å². The molecule has 2 atom stereocenters. The van der Waals surface area contributed by atoms with E-state index >= 15 is 0 Å². The Balaban J connectivity index is 1.74. The van der Waals surface area contributed by atoms with Crippen LogP contribution < -0.4 is 10.1 Å². The van der Waals surface area contributed by atoms with E-state index in [1.807, 2.05) is 25.1 Å². The molecule has 1 aromatic rings. The molecule has 1 amide bonds. The highest BCUT2D eigenvalue weighted by Crippen LogP contribution is 2.40. The van der Waals surface area contributed by atoms with E-state index in [1.165, 1.54) is 0 Å². The molecule has 2 N–H and O–H groups in total. The molecule has 1 fully saturated rings. The van der Waals surface area contributed by atoms with E-state index in [0.29, 0.717) is 11.5 Å². The highest BCUT2D eigenvalue weighted by atomic mass is 16.5. The number of carbonyl (C=O) groups excluding carboxylic acids is 1. The number of benzene rings is 1. The average Bonchev–Trinajstić information content (AvgIpc) is 2.77. The van der Waals surface area contributed by atoms with Crippen molar-refractivity contribution in [3.05, 3.63) is 29.3 Å². The van der Waals surface area contributed by atoms with Gasteiger partial charge in [-0.2, -0.15) is 0 Å². The van der Waals surface area contributed by atoms with Crippen molar-refractivity contribution >= 4 is 5.91 Å². The maximum Gasteiger partial charge on any atom is 0.255 e. The quantitative estimate of drug-likeness (QED) is 0.880. The highest BCUT2D eigenvalue weighted by Gasteiger charge is 2.31. The molecule has 1 aromatic carbocycles. The molecule has 1 aliphatic heterocycles. The van der Waals surface area contributed by atoms with E-state index in [2.05, 4.69) is 12.2 Å². The fraction of sp³-hybridized carbons (Fsp3) is 0.588. The first-order chi connectivity index (χ1) is 10.1. The summed E-state index contributed by atoms with van der Waals surface area (Å²) in [4.78, 5) is 12.5. The lowest BCUT2D eigenvalue weighted by Crippen LogP contribution is -2.38. The zero-order chi connectivity index (χ0) is 15.0. The molecule has 114 valence electrons. The molecule has 1 aliphatic carbocycles. The zero-order valence-electron chi connectivity index (χ0n) is 12.6. The average molecular weight is 289 g/mol. The lowest BCUT2D eigenvalue weighted by atomic mass is 9.92. The molecule has 1 saturated carbocycles. The van der Waals surface area contributed by atoms with E-state index in [1.54, 1.807) is 0 Å². The van der Waals surface area contributed by atoms with Gasteiger partial charge < -0.3 is 15.2 Å². The Labute approximate surface area is 125 Å². The predicted octanol–water partition coefficient (Wildman–Crippen LogP) is 2.60. The summed E-state index contributed by atoms with van der Waals surface area (Å²) in [7, 11) is 0. The van der Waals surface area contributed by atoms with Crippen LogP contribution in [0.15, 0.2) is 18.2 Å². The summed E-state index contributed by atoms with van der Waals surface area (Å²) in [5.41, 5.74) is 1.75. The van der Waals surface area contributed by atoms with Crippen molar-refractivity contribution in [2.75, 3.05) is 0 Å². The van der Waals surface area contributed by atoms with Crippen LogP contribution in [-0.4, -0.2) is 29.3 Å². The zero-order valence-corrected chi connectivity index (χ0v) is 12.6. The van der Waals surface area contributed by atoms with Crippen molar-refractivity contribution in [1.29, 1.82) is 0 Å². The summed E-state index contributed by atoms with van der Waals surface area (Å²) in [5.74, 6) is 0.998. The van der Waals surface area contributed by atoms with Crippen LogP contribution in [0.3, 0.4) is 0 Å². The number of rotatable bonds is 2. The number of nitrogens with one attached hydrogen (secondary N) is 1. The van der Waals surface area contributed by atoms with Gasteiger partial charge in [-0.1, -0.05) is 19.1 Å². The second kappa shape index (κ2) is 5.68. The van der Waals surface area contributed by atoms with E-state index < -0.39 is 0 Å². The number of amides is 1. The molecular formula is C17H23NO3. The van der Waals surface area contributed by atoms with Crippen LogP contribution in [0.1, 0.15) is 61.4 Å². The third-order valence-electron chi connectivity index (χ3n) is 4.82. The Morgan fingerprint density at radius 3 is 2.67 bits per heavy atom. The summed E-state index contributed by atoms with van der Waals surface area (Å²) in [6.07, 6.45) is 3.12. The number of para-hydroxylation sites is 1. The number of aliphatic hydroxyl groups is 1. The van der Waals surface area contributed by atoms with Crippen LogP contribution in [0, 0.1) is 0 Å². The topological polar surface area (TPSA) is 58.6 Å². The lowest BCUT2D eigenvalue weighted by molar-refractivity contribution is 0.0863. The van der Waals surface area contributed by atoms with Crippen LogP contribution in [0.25, 0.3) is 0 Å². The summed E-state index contributed by atoms with van der Waals surface area (Å²) >= 11 is 0. The third kappa shape index (κ3) is 2.77. The first-order valence-electron chi connectivity index (χ1n) is 7.84. The molecule has 2 aliphatic rings. The molecule has 1 heterocycles. The smallest absolute Gasteiger partial charge is 0.255 e. The molecule has 2 unspecified atom stereocenters. The Hall–Kier alpha value is -1.55. The Morgan fingerprint density at radius 1 is 1.24 bits per heavy atom. The van der Waals surface area contributed by atoms with E-state index in [4.69, 9.17) is 4.74 Å². The van der Waals surface area contributed by atoms with Gasteiger partial charge in [0.2, 0.25) is 0 Å². The van der Waals surface area contributed by atoms with Gasteiger partial charge >= 0.3 is 0 Å². The maximum atomic E-state index is 12.5. The number of fused-ring (bicyclic) bond motifs is 1. The van der Waals surface area contributed by atoms with Gasteiger partial charge in [-0.15, -0.1) is 0 Å². The number of carbonyl (C=O) groups is 1. The SMILES string of the molecule is CC1Oc2c(C(=O)NC3CCC(O)CC3)cccc2C1C. The molecule has 0 spiro atoms. The maximum absolute atomic E-state index is 12.5. The number of hydrogen-bond acceptors (Lipinski definition) is 3. The van der Waals surface area contributed by atoms with Crippen molar-refractivity contribution in [3.8, 4) is 5.75 Å². The molecule has 4 nitrogen and oxygen atoms in total. The first-order valence-corrected chi connectivity index (χ1v) is 7.84. The number of hydrogen-bond donors (Lipinski definition) is 2. The molecule has 4 heteroatoms.